The van der Waals surface area contributed by atoms with Crippen LogP contribution in [0.3, 0.4) is 0 Å². The molecule has 0 aliphatic carbocycles. The van der Waals surface area contributed by atoms with Crippen LogP contribution in [-0.2, 0) is 11.2 Å². The topological polar surface area (TPSA) is 104 Å². The fraction of sp³-hybridized carbons (Fsp3) is 0.222. The summed E-state index contributed by atoms with van der Waals surface area (Å²) in [6.07, 6.45) is 2.32. The lowest BCUT2D eigenvalue weighted by molar-refractivity contribution is -0.116. The number of anilines is 1. The Labute approximate surface area is 152 Å². The van der Waals surface area contributed by atoms with Gasteiger partial charge in [-0.05, 0) is 37.6 Å². The van der Waals surface area contributed by atoms with E-state index in [1.54, 1.807) is 6.20 Å². The zero-order chi connectivity index (χ0) is 18.3. The van der Waals surface area contributed by atoms with Crippen LogP contribution in [0.4, 0.5) is 5.69 Å². The number of nitrogens with one attached hydrogen (secondary N) is 3. The number of nitrogens with zero attached hydrogens (tertiary/aromatic N) is 2. The van der Waals surface area contributed by atoms with Crippen LogP contribution in [0.1, 0.15) is 22.7 Å². The van der Waals surface area contributed by atoms with Crippen LogP contribution in [0, 0.1) is 13.8 Å². The molecule has 0 aliphatic rings. The number of H-pyrrole nitrogens is 2. The van der Waals surface area contributed by atoms with Crippen LogP contribution in [0.2, 0.25) is 0 Å². The molecule has 132 valence electrons. The van der Waals surface area contributed by atoms with Crippen molar-refractivity contribution in [2.24, 2.45) is 0 Å². The first-order valence-electron chi connectivity index (χ1n) is 8.23. The number of amides is 1. The Morgan fingerprint density at radius 1 is 1.31 bits per heavy atom. The molecular formula is C18H17N5O2S. The van der Waals surface area contributed by atoms with Crippen molar-refractivity contribution in [1.29, 1.82) is 0 Å². The second kappa shape index (κ2) is 6.38. The van der Waals surface area contributed by atoms with Crippen molar-refractivity contribution in [2.45, 2.75) is 26.7 Å². The lowest BCUT2D eigenvalue weighted by Crippen LogP contribution is -2.16. The molecule has 3 N–H and O–H groups in total. The standard InChI is InChI=1S/C18H17N5O2S/c1-9-10(2)26-18-16(9)17(25)21-14(22-18)5-6-15(24)20-12-3-4-13-11(7-12)8-19-23-13/h3-4,7-8H,5-6H2,1-2H3,(H,19,23)(H,20,24)(H,21,22,25). The van der Waals surface area contributed by atoms with Gasteiger partial charge in [-0.15, -0.1) is 11.3 Å². The van der Waals surface area contributed by atoms with Gasteiger partial charge < -0.3 is 10.3 Å². The lowest BCUT2D eigenvalue weighted by atomic mass is 10.2. The molecule has 3 heterocycles. The Kier molecular flexibility index (Phi) is 4.04. The molecule has 1 amide bonds. The second-order valence-electron chi connectivity index (χ2n) is 6.20. The first-order chi connectivity index (χ1) is 12.5. The first kappa shape index (κ1) is 16.5. The molecule has 4 rings (SSSR count). The van der Waals surface area contributed by atoms with Crippen molar-refractivity contribution in [3.05, 3.63) is 51.0 Å². The predicted octanol–water partition coefficient (Wildman–Crippen LogP) is 3.05. The Morgan fingerprint density at radius 2 is 2.15 bits per heavy atom. The largest absolute Gasteiger partial charge is 0.326 e. The van der Waals surface area contributed by atoms with Crippen LogP contribution in [-0.4, -0.2) is 26.1 Å². The van der Waals surface area contributed by atoms with Crippen molar-refractivity contribution in [3.63, 3.8) is 0 Å². The first-order valence-corrected chi connectivity index (χ1v) is 9.05. The van der Waals surface area contributed by atoms with Gasteiger partial charge in [0.15, 0.2) is 0 Å². The molecule has 0 saturated carbocycles. The van der Waals surface area contributed by atoms with Gasteiger partial charge >= 0.3 is 0 Å². The van der Waals surface area contributed by atoms with E-state index in [9.17, 15) is 9.59 Å². The molecule has 4 aromatic rings. The molecule has 0 radical (unpaired) electrons. The molecule has 0 fully saturated rings. The van der Waals surface area contributed by atoms with Crippen LogP contribution in [0.25, 0.3) is 21.1 Å². The number of carbonyl (C=O) groups is 1. The van der Waals surface area contributed by atoms with Crippen LogP contribution in [0.15, 0.2) is 29.2 Å². The van der Waals surface area contributed by atoms with Gasteiger partial charge in [0.2, 0.25) is 5.91 Å². The van der Waals surface area contributed by atoms with Crippen molar-refractivity contribution >= 4 is 44.1 Å². The quantitative estimate of drug-likeness (QED) is 0.516. The van der Waals surface area contributed by atoms with E-state index in [4.69, 9.17) is 0 Å². The van der Waals surface area contributed by atoms with E-state index in [-0.39, 0.29) is 17.9 Å². The van der Waals surface area contributed by atoms with E-state index >= 15 is 0 Å². The molecule has 0 atom stereocenters. The number of rotatable bonds is 4. The average molecular weight is 367 g/mol. The zero-order valence-corrected chi connectivity index (χ0v) is 15.2. The number of fused-ring (bicyclic) bond motifs is 2. The molecule has 0 spiro atoms. The van der Waals surface area contributed by atoms with Gasteiger partial charge in [-0.3, -0.25) is 14.7 Å². The summed E-state index contributed by atoms with van der Waals surface area (Å²) in [7, 11) is 0. The average Bonchev–Trinajstić information content (AvgIpc) is 3.17. The number of aromatic amines is 2. The minimum Gasteiger partial charge on any atom is -0.326 e. The lowest BCUT2D eigenvalue weighted by Gasteiger charge is -2.05. The maximum absolute atomic E-state index is 12.3. The number of hydrogen-bond donors (Lipinski definition) is 3. The third-order valence-corrected chi connectivity index (χ3v) is 5.50. The Morgan fingerprint density at radius 3 is 3.00 bits per heavy atom. The smallest absolute Gasteiger partial charge is 0.259 e. The zero-order valence-electron chi connectivity index (χ0n) is 14.3. The molecule has 3 aromatic heterocycles. The fourth-order valence-electron chi connectivity index (χ4n) is 2.89. The third-order valence-electron chi connectivity index (χ3n) is 4.40. The molecule has 0 aliphatic heterocycles. The highest BCUT2D eigenvalue weighted by atomic mass is 32.1. The summed E-state index contributed by atoms with van der Waals surface area (Å²) in [6.45, 7) is 3.90. The van der Waals surface area contributed by atoms with E-state index in [0.29, 0.717) is 23.3 Å². The summed E-state index contributed by atoms with van der Waals surface area (Å²) < 4.78 is 0. The van der Waals surface area contributed by atoms with Gasteiger partial charge in [0.1, 0.15) is 10.7 Å². The molecule has 7 nitrogen and oxygen atoms in total. The van der Waals surface area contributed by atoms with E-state index < -0.39 is 0 Å². The third kappa shape index (κ3) is 2.99. The summed E-state index contributed by atoms with van der Waals surface area (Å²) in [4.78, 5) is 33.6. The highest BCUT2D eigenvalue weighted by Gasteiger charge is 2.12. The van der Waals surface area contributed by atoms with Crippen molar-refractivity contribution in [2.75, 3.05) is 5.32 Å². The molecule has 0 unspecified atom stereocenters. The van der Waals surface area contributed by atoms with E-state index in [0.717, 1.165) is 26.2 Å². The number of benzene rings is 1. The summed E-state index contributed by atoms with van der Waals surface area (Å²) >= 11 is 1.51. The van der Waals surface area contributed by atoms with Gasteiger partial charge in [0.05, 0.1) is 17.1 Å². The van der Waals surface area contributed by atoms with E-state index in [2.05, 4.69) is 25.5 Å². The molecule has 0 saturated heterocycles. The van der Waals surface area contributed by atoms with Crippen molar-refractivity contribution in [1.82, 2.24) is 20.2 Å². The van der Waals surface area contributed by atoms with Crippen LogP contribution < -0.4 is 10.9 Å². The number of hydrogen-bond acceptors (Lipinski definition) is 5. The summed E-state index contributed by atoms with van der Waals surface area (Å²) in [6, 6.07) is 5.55. The van der Waals surface area contributed by atoms with Gasteiger partial charge in [-0.1, -0.05) is 0 Å². The Balaban J connectivity index is 1.47. The summed E-state index contributed by atoms with van der Waals surface area (Å²) in [5.41, 5.74) is 2.46. The minimum atomic E-state index is -0.141. The number of aromatic nitrogens is 4. The van der Waals surface area contributed by atoms with Gasteiger partial charge in [-0.2, -0.15) is 5.10 Å². The van der Waals surface area contributed by atoms with Gasteiger partial charge in [0, 0.05) is 28.8 Å². The number of aryl methyl sites for hydroxylation is 3. The van der Waals surface area contributed by atoms with Crippen molar-refractivity contribution < 1.29 is 4.79 Å². The molecule has 26 heavy (non-hydrogen) atoms. The van der Waals surface area contributed by atoms with Crippen LogP contribution >= 0.6 is 11.3 Å². The summed E-state index contributed by atoms with van der Waals surface area (Å²) in [5, 5.41) is 11.3. The number of thiophene rings is 1. The van der Waals surface area contributed by atoms with Crippen molar-refractivity contribution in [3.8, 4) is 0 Å². The SMILES string of the molecule is Cc1sc2nc(CCC(=O)Nc3ccc4[nH]ncc4c3)[nH]c(=O)c2c1C. The maximum Gasteiger partial charge on any atom is 0.259 e. The Bertz CT molecular complexity index is 1190. The monoisotopic (exact) mass is 367 g/mol. The molecular weight excluding hydrogens is 350 g/mol. The fourth-order valence-corrected chi connectivity index (χ4v) is 3.94. The van der Waals surface area contributed by atoms with Gasteiger partial charge in [0.25, 0.3) is 5.56 Å². The normalized spacial score (nSPS) is 11.3. The van der Waals surface area contributed by atoms with Crippen LogP contribution in [0.5, 0.6) is 0 Å². The maximum atomic E-state index is 12.3. The minimum absolute atomic E-state index is 0.130. The van der Waals surface area contributed by atoms with E-state index in [1.165, 1.54) is 11.3 Å². The highest BCUT2D eigenvalue weighted by Crippen LogP contribution is 2.25. The molecule has 8 heteroatoms. The van der Waals surface area contributed by atoms with E-state index in [1.807, 2.05) is 32.0 Å². The van der Waals surface area contributed by atoms with Gasteiger partial charge in [-0.25, -0.2) is 4.98 Å². The highest BCUT2D eigenvalue weighted by molar-refractivity contribution is 7.18. The predicted molar refractivity (Wildman–Crippen MR) is 103 cm³/mol. The Hall–Kier alpha value is -3.00. The second-order valence-corrected chi connectivity index (χ2v) is 7.40. The summed E-state index contributed by atoms with van der Waals surface area (Å²) in [5.74, 6) is 0.401. The number of carbonyl (C=O) groups excluding carboxylic acids is 1. The molecule has 1 aromatic carbocycles. The molecule has 0 bridgehead atoms.